The summed E-state index contributed by atoms with van der Waals surface area (Å²) >= 11 is 6.24. The molecule has 2 rings (SSSR count). The lowest BCUT2D eigenvalue weighted by atomic mass is 10.3. The molecule has 20 heavy (non-hydrogen) atoms. The number of nitrogens with zero attached hydrogens (tertiary/aromatic N) is 4. The normalized spacial score (nSPS) is 14.8. The summed E-state index contributed by atoms with van der Waals surface area (Å²) < 4.78 is 15.6. The van der Waals surface area contributed by atoms with E-state index in [-0.39, 0.29) is 5.38 Å². The number of hydrogen-bond donors (Lipinski definition) is 0. The first kappa shape index (κ1) is 15.5. The van der Waals surface area contributed by atoms with Crippen molar-refractivity contribution in [3.63, 3.8) is 0 Å². The van der Waals surface area contributed by atoms with Crippen molar-refractivity contribution in [3.05, 3.63) is 11.5 Å². The molecule has 0 aliphatic heterocycles. The average molecular weight is 317 g/mol. The van der Waals surface area contributed by atoms with Gasteiger partial charge in [0.05, 0.1) is 11.1 Å². The van der Waals surface area contributed by atoms with Gasteiger partial charge in [0, 0.05) is 35.9 Å². The van der Waals surface area contributed by atoms with Crippen LogP contribution in [-0.2, 0) is 30.8 Å². The lowest BCUT2D eigenvalue weighted by molar-refractivity contribution is 0.653. The molecule has 0 saturated heterocycles. The topological polar surface area (TPSA) is 52.7 Å². The number of fused-ring (bicyclic) bond motifs is 1. The molecule has 2 aromatic rings. The van der Waals surface area contributed by atoms with E-state index in [2.05, 4.69) is 21.6 Å². The van der Waals surface area contributed by atoms with Crippen LogP contribution in [-0.4, -0.2) is 35.0 Å². The van der Waals surface area contributed by atoms with Gasteiger partial charge in [-0.25, -0.2) is 4.98 Å². The summed E-state index contributed by atoms with van der Waals surface area (Å²) in [6, 6.07) is 0. The third-order valence-electron chi connectivity index (χ3n) is 3.38. The van der Waals surface area contributed by atoms with Crippen molar-refractivity contribution in [2.24, 2.45) is 7.05 Å². The van der Waals surface area contributed by atoms with Gasteiger partial charge in [-0.3, -0.25) is 8.89 Å². The van der Waals surface area contributed by atoms with E-state index in [9.17, 15) is 4.21 Å². The molecule has 0 saturated carbocycles. The molecule has 2 aromatic heterocycles. The van der Waals surface area contributed by atoms with E-state index >= 15 is 0 Å². The summed E-state index contributed by atoms with van der Waals surface area (Å²) in [5.41, 5.74) is 2.87. The smallest absolute Gasteiger partial charge is 0.158 e. The Balaban J connectivity index is 2.50. The Morgan fingerprint density at radius 2 is 2.10 bits per heavy atom. The first-order chi connectivity index (χ1) is 9.49. The maximum absolute atomic E-state index is 11.7. The second-order valence-corrected chi connectivity index (χ2v) is 7.29. The van der Waals surface area contributed by atoms with Gasteiger partial charge in [0.1, 0.15) is 11.3 Å². The summed E-state index contributed by atoms with van der Waals surface area (Å²) in [7, 11) is 1.12. The molecule has 0 N–H and O–H groups in total. The van der Waals surface area contributed by atoms with Gasteiger partial charge in [-0.1, -0.05) is 13.8 Å². The molecule has 0 bridgehead atoms. The predicted molar refractivity (Wildman–Crippen MR) is 83.7 cm³/mol. The zero-order chi connectivity index (χ0) is 14.9. The molecule has 2 atom stereocenters. The van der Waals surface area contributed by atoms with Gasteiger partial charge in [0.15, 0.2) is 5.65 Å². The van der Waals surface area contributed by atoms with E-state index in [4.69, 9.17) is 11.6 Å². The van der Waals surface area contributed by atoms with Crippen molar-refractivity contribution >= 4 is 33.6 Å². The molecule has 0 amide bonds. The number of aromatic nitrogens is 4. The fourth-order valence-corrected chi connectivity index (χ4v) is 3.20. The van der Waals surface area contributed by atoms with Crippen molar-refractivity contribution < 1.29 is 4.21 Å². The summed E-state index contributed by atoms with van der Waals surface area (Å²) in [5.74, 6) is 2.12. The SMILES string of the molecule is CCc1nn(C)c2c1nc(C(C)Cl)n2CCS(=O)CC. The van der Waals surface area contributed by atoms with Crippen LogP contribution in [0, 0.1) is 0 Å². The van der Waals surface area contributed by atoms with E-state index in [1.807, 2.05) is 25.6 Å². The molecule has 0 fully saturated rings. The van der Waals surface area contributed by atoms with Crippen molar-refractivity contribution in [2.45, 2.75) is 39.1 Å². The first-order valence-electron chi connectivity index (χ1n) is 6.90. The van der Waals surface area contributed by atoms with Crippen LogP contribution < -0.4 is 0 Å². The number of hydrogen-bond acceptors (Lipinski definition) is 3. The maximum Gasteiger partial charge on any atom is 0.158 e. The number of aryl methyl sites for hydroxylation is 3. The Hall–Kier alpha value is -0.880. The van der Waals surface area contributed by atoms with E-state index in [1.165, 1.54) is 0 Å². The first-order valence-corrected chi connectivity index (χ1v) is 8.83. The van der Waals surface area contributed by atoms with Gasteiger partial charge in [0.25, 0.3) is 0 Å². The monoisotopic (exact) mass is 316 g/mol. The quantitative estimate of drug-likeness (QED) is 0.769. The van der Waals surface area contributed by atoms with E-state index in [0.29, 0.717) is 18.1 Å². The standard InChI is InChI=1S/C13H21ClN4OS/c1-5-10-11-13(17(4)16-10)18(7-8-20(19)6-2)12(15-11)9(3)14/h9H,5-8H2,1-4H3. The Morgan fingerprint density at radius 1 is 1.40 bits per heavy atom. The molecule has 0 aromatic carbocycles. The molecule has 0 spiro atoms. The Morgan fingerprint density at radius 3 is 2.65 bits per heavy atom. The summed E-state index contributed by atoms with van der Waals surface area (Å²) in [4.78, 5) is 4.66. The molecule has 112 valence electrons. The van der Waals surface area contributed by atoms with E-state index in [0.717, 1.165) is 29.1 Å². The lowest BCUT2D eigenvalue weighted by Gasteiger charge is -2.10. The highest BCUT2D eigenvalue weighted by Crippen LogP contribution is 2.26. The van der Waals surface area contributed by atoms with Crippen LogP contribution in [0.15, 0.2) is 0 Å². The number of imidazole rings is 1. The van der Waals surface area contributed by atoms with Gasteiger partial charge in [-0.2, -0.15) is 5.10 Å². The highest BCUT2D eigenvalue weighted by molar-refractivity contribution is 7.84. The second kappa shape index (κ2) is 6.26. The average Bonchev–Trinajstić information content (AvgIpc) is 2.94. The highest BCUT2D eigenvalue weighted by Gasteiger charge is 2.21. The largest absolute Gasteiger partial charge is 0.311 e. The van der Waals surface area contributed by atoms with E-state index < -0.39 is 10.8 Å². The molecule has 7 heteroatoms. The molecular weight excluding hydrogens is 296 g/mol. The third-order valence-corrected chi connectivity index (χ3v) is 4.85. The zero-order valence-corrected chi connectivity index (χ0v) is 14.0. The van der Waals surface area contributed by atoms with Crippen LogP contribution in [0.5, 0.6) is 0 Å². The number of alkyl halides is 1. The van der Waals surface area contributed by atoms with Crippen LogP contribution in [0.25, 0.3) is 11.2 Å². The van der Waals surface area contributed by atoms with Gasteiger partial charge >= 0.3 is 0 Å². The van der Waals surface area contributed by atoms with Crippen LogP contribution in [0.2, 0.25) is 0 Å². The van der Waals surface area contributed by atoms with Crippen molar-refractivity contribution in [1.29, 1.82) is 0 Å². The number of rotatable bonds is 6. The zero-order valence-electron chi connectivity index (χ0n) is 12.4. The van der Waals surface area contributed by atoms with Crippen LogP contribution >= 0.6 is 11.6 Å². The molecule has 5 nitrogen and oxygen atoms in total. The fraction of sp³-hybridized carbons (Fsp3) is 0.692. The number of halogens is 1. The lowest BCUT2D eigenvalue weighted by Crippen LogP contribution is -2.13. The molecule has 0 aliphatic carbocycles. The Labute approximate surface area is 126 Å². The van der Waals surface area contributed by atoms with Crippen LogP contribution in [0.3, 0.4) is 0 Å². The van der Waals surface area contributed by atoms with Crippen molar-refractivity contribution in [1.82, 2.24) is 19.3 Å². The Bertz CT molecular complexity index is 632. The van der Waals surface area contributed by atoms with Gasteiger partial charge in [-0.05, 0) is 13.3 Å². The predicted octanol–water partition coefficient (Wildman–Crippen LogP) is 2.40. The minimum absolute atomic E-state index is 0.179. The van der Waals surface area contributed by atoms with Crippen molar-refractivity contribution in [3.8, 4) is 0 Å². The van der Waals surface area contributed by atoms with Gasteiger partial charge in [-0.15, -0.1) is 11.6 Å². The Kier molecular flexibility index (Phi) is 4.86. The van der Waals surface area contributed by atoms with Crippen molar-refractivity contribution in [2.75, 3.05) is 11.5 Å². The van der Waals surface area contributed by atoms with Crippen LogP contribution in [0.4, 0.5) is 0 Å². The van der Waals surface area contributed by atoms with E-state index in [1.54, 1.807) is 0 Å². The third kappa shape index (κ3) is 2.76. The molecule has 0 aliphatic rings. The molecule has 2 unspecified atom stereocenters. The summed E-state index contributed by atoms with van der Waals surface area (Å²) in [5, 5.41) is 4.31. The summed E-state index contributed by atoms with van der Waals surface area (Å²) in [6.07, 6.45) is 0.839. The van der Waals surface area contributed by atoms with Gasteiger partial charge in [0.2, 0.25) is 0 Å². The van der Waals surface area contributed by atoms with Gasteiger partial charge < -0.3 is 4.57 Å². The molecule has 0 radical (unpaired) electrons. The fourth-order valence-electron chi connectivity index (χ4n) is 2.36. The highest BCUT2D eigenvalue weighted by atomic mass is 35.5. The summed E-state index contributed by atoms with van der Waals surface area (Å²) in [6.45, 7) is 6.57. The molecule has 2 heterocycles. The molecular formula is C13H21ClN4OS. The minimum atomic E-state index is -0.799. The second-order valence-electron chi connectivity index (χ2n) is 4.77. The van der Waals surface area contributed by atoms with Crippen LogP contribution in [0.1, 0.15) is 37.7 Å². The maximum atomic E-state index is 11.7. The minimum Gasteiger partial charge on any atom is -0.311 e.